The second kappa shape index (κ2) is 51.2. The molecule has 15 aromatic rings. The van der Waals surface area contributed by atoms with Crippen LogP contribution in [0.5, 0.6) is 23.0 Å². The lowest BCUT2D eigenvalue weighted by Gasteiger charge is -2.27. The molecule has 0 spiro atoms. The molecule has 8 aromatic carbocycles. The minimum absolute atomic E-state index is 0.0949. The standard InChI is InChI=1S/C29H34FN5O5.C24H26FN5O3.C19H15BrFN3O3.C12H11FN2O2.C11H21NO2.C7H5BrClNO/c1-29(2,3)39-28(36)35-11-5-10-34(12-13-35)20-8-6-19(7-9-20)23-17-26(40-33-23)27-21-16-22(30)25(38-15-14-37-4)18-24(21)31-32-27;1-31-11-12-32-22-15-21-18(13-19(22)25)24(28-27-21)23-14-20(29-33-23)16-3-5-17(6-4-16)30-9-2-7-26-8-10-30;1-25-6-7-26-17-10-16-13(8-14(17)21)19(23-22-16)18-9-15(24-27-18)11-2-4-12(20)5-3-11;1-3-10-8-6-9(13)12(17-5-4-16-2)7-11(8)15-14-10;1-11(2,3)14-10(13)12-8-6-4-5-7-9-12;8-6-3-1-5(2-4-6)7(9)10-11/h6-9,16-18H,5,10-15H2,1-4H3,(H,31,32);3-6,13-15,26H,2,7-12H2,1H3,(H,27,28);2-5,8-10H,6-7H2,1H3,(H,22,23);1,6-7H,4-5H2,2H3,(H,14,15);4-9H2,1-3H3;1-4,11H/b;;;;;10-7-. The van der Waals surface area contributed by atoms with Gasteiger partial charge in [-0.1, -0.05) is 131 Å². The number of H-pyrrole nitrogens is 4. The summed E-state index contributed by atoms with van der Waals surface area (Å²) in [4.78, 5) is 32.4. The number of nitrogens with zero attached hydrogens (tertiary/aromatic N) is 12. The van der Waals surface area contributed by atoms with E-state index >= 15 is 0 Å². The van der Waals surface area contributed by atoms with Crippen molar-refractivity contribution in [2.45, 2.75) is 91.3 Å². The molecule has 3 aliphatic heterocycles. The normalized spacial score (nSPS) is 13.6. The topological polar surface area (TPSA) is 377 Å². The van der Waals surface area contributed by atoms with Gasteiger partial charge < -0.3 is 91.1 Å². The maximum absolute atomic E-state index is 14.6. The number of hydrogen-bond acceptors (Lipinski definition) is 27. The van der Waals surface area contributed by atoms with Gasteiger partial charge in [-0.2, -0.15) is 20.4 Å². The highest BCUT2D eigenvalue weighted by molar-refractivity contribution is 9.10. The molecule has 750 valence electrons. The monoisotopic (exact) mass is 2100 g/mol. The third kappa shape index (κ3) is 29.3. The number of carbonyl (C=O) groups is 2. The summed E-state index contributed by atoms with van der Waals surface area (Å²) >= 11 is 12.2. The number of nitrogens with one attached hydrogen (secondary N) is 5. The van der Waals surface area contributed by atoms with Gasteiger partial charge in [0.1, 0.15) is 77.5 Å². The molecule has 10 heterocycles. The van der Waals surface area contributed by atoms with E-state index in [1.54, 1.807) is 75.8 Å². The number of benzene rings is 8. The zero-order chi connectivity index (χ0) is 101. The Morgan fingerprint density at radius 2 is 0.803 bits per heavy atom. The van der Waals surface area contributed by atoms with Gasteiger partial charge in [0, 0.05) is 194 Å². The third-order valence-electron chi connectivity index (χ3n) is 22.1. The number of hydrogen-bond donors (Lipinski definition) is 6. The summed E-state index contributed by atoms with van der Waals surface area (Å²) in [6.07, 6.45) is 11.5. The summed E-state index contributed by atoms with van der Waals surface area (Å²) in [7, 11) is 6.24. The fraction of sp³-hybridized carbons (Fsp3) is 0.353. The maximum atomic E-state index is 14.6. The summed E-state index contributed by atoms with van der Waals surface area (Å²) in [5, 5.41) is 57.7. The number of methoxy groups -OCH3 is 4. The molecule has 142 heavy (non-hydrogen) atoms. The first-order valence-corrected chi connectivity index (χ1v) is 47.9. The van der Waals surface area contributed by atoms with Crippen molar-refractivity contribution in [3.8, 4) is 103 Å². The number of ether oxygens (including phenoxy) is 10. The molecule has 40 heteroatoms. The summed E-state index contributed by atoms with van der Waals surface area (Å²) in [5.74, 6) is 2.39. The van der Waals surface area contributed by atoms with Crippen LogP contribution in [-0.4, -0.2) is 247 Å². The summed E-state index contributed by atoms with van der Waals surface area (Å²) < 4.78 is 128. The maximum Gasteiger partial charge on any atom is 0.410 e. The Morgan fingerprint density at radius 3 is 1.20 bits per heavy atom. The van der Waals surface area contributed by atoms with Crippen molar-refractivity contribution in [1.29, 1.82) is 0 Å². The molecule has 18 rings (SSSR count). The van der Waals surface area contributed by atoms with Crippen LogP contribution in [-0.2, 0) is 28.4 Å². The predicted octanol–water partition coefficient (Wildman–Crippen LogP) is 21.5. The number of halogens is 7. The van der Waals surface area contributed by atoms with Crippen LogP contribution in [0.25, 0.3) is 112 Å². The number of aromatic nitrogens is 11. The molecular weight excluding hydrogens is 1990 g/mol. The van der Waals surface area contributed by atoms with Crippen LogP contribution in [0.15, 0.2) is 191 Å². The zero-order valence-electron chi connectivity index (χ0n) is 80.2. The van der Waals surface area contributed by atoms with Gasteiger partial charge in [-0.25, -0.2) is 27.2 Å². The minimum atomic E-state index is -0.511. The highest BCUT2D eigenvalue weighted by Crippen LogP contribution is 2.39. The lowest BCUT2D eigenvalue weighted by Crippen LogP contribution is -2.39. The lowest BCUT2D eigenvalue weighted by molar-refractivity contribution is 0.0249. The highest BCUT2D eigenvalue weighted by atomic mass is 79.9. The molecule has 0 bridgehead atoms. The molecule has 6 N–H and O–H groups in total. The lowest BCUT2D eigenvalue weighted by atomic mass is 10.1. The molecule has 3 aliphatic rings. The van der Waals surface area contributed by atoms with Gasteiger partial charge in [-0.3, -0.25) is 20.4 Å². The van der Waals surface area contributed by atoms with Crippen molar-refractivity contribution in [2.75, 3.05) is 157 Å². The van der Waals surface area contributed by atoms with Crippen LogP contribution in [0.4, 0.5) is 38.5 Å². The van der Waals surface area contributed by atoms with Crippen LogP contribution < -0.4 is 34.1 Å². The second-order valence-electron chi connectivity index (χ2n) is 34.6. The van der Waals surface area contributed by atoms with Crippen LogP contribution >= 0.6 is 43.5 Å². The Morgan fingerprint density at radius 1 is 0.437 bits per heavy atom. The Bertz CT molecular complexity index is 6680. The quantitative estimate of drug-likeness (QED) is 0.00773. The Kier molecular flexibility index (Phi) is 38.1. The van der Waals surface area contributed by atoms with E-state index in [1.807, 2.05) is 125 Å². The summed E-state index contributed by atoms with van der Waals surface area (Å²) in [6.45, 7) is 22.5. The molecule has 3 fully saturated rings. The SMILES string of the molecule is C#Cc1[nH]nc2cc(OCCOC)c(F)cc12.CC(C)(C)OC(=O)N1CCCCCC1.COCCOc1cc2[nH]nc(-c3cc(-c4ccc(Br)cc4)no3)c2cc1F.COCCOc1cc2[nH]nc(-c3cc(-c4ccc(N5CCCN(C(=O)OC(C)(C)C)CC5)cc4)no3)c2cc1F.COCCOc1cc2[nH]nc(-c3cc(-c4ccc(N5CCCNCC5)cc4)no3)c2cc1F.O/N=C(\Cl)c1ccc(Br)cc1. The van der Waals surface area contributed by atoms with Crippen molar-refractivity contribution in [2.24, 2.45) is 5.16 Å². The molecule has 2 amide bonds. The number of anilines is 2. The molecule has 0 atom stereocenters. The predicted molar refractivity (Wildman–Crippen MR) is 541 cm³/mol. The van der Waals surface area contributed by atoms with Crippen LogP contribution in [0, 0.1) is 35.6 Å². The number of terminal acetylenes is 1. The van der Waals surface area contributed by atoms with E-state index in [2.05, 4.69) is 126 Å². The molecule has 0 unspecified atom stereocenters. The molecule has 0 radical (unpaired) electrons. The van der Waals surface area contributed by atoms with Gasteiger partial charge in [0.25, 0.3) is 0 Å². The van der Waals surface area contributed by atoms with E-state index in [-0.39, 0.29) is 72.4 Å². The van der Waals surface area contributed by atoms with Crippen molar-refractivity contribution in [1.82, 2.24) is 71.4 Å². The van der Waals surface area contributed by atoms with Crippen molar-refractivity contribution in [3.05, 3.63) is 207 Å². The van der Waals surface area contributed by atoms with Crippen LogP contribution in [0.3, 0.4) is 0 Å². The van der Waals surface area contributed by atoms with Gasteiger partial charge in [0.05, 0.1) is 48.5 Å². The third-order valence-corrected chi connectivity index (χ3v) is 23.5. The summed E-state index contributed by atoms with van der Waals surface area (Å²) in [5.41, 5.74) is 11.2. The van der Waals surface area contributed by atoms with Gasteiger partial charge >= 0.3 is 12.2 Å². The number of aromatic amines is 4. The Balaban J connectivity index is 0.000000151. The Hall–Kier alpha value is -13.6. The van der Waals surface area contributed by atoms with Gasteiger partial charge in [0.15, 0.2) is 68.7 Å². The molecular formula is C102H112Br2ClF4N17O16. The zero-order valence-corrected chi connectivity index (χ0v) is 84.1. The number of fused-ring (bicyclic) bond motifs is 4. The first-order valence-electron chi connectivity index (χ1n) is 45.9. The van der Waals surface area contributed by atoms with Crippen LogP contribution in [0.1, 0.15) is 91.3 Å². The van der Waals surface area contributed by atoms with E-state index in [1.165, 1.54) is 48.9 Å². The minimum Gasteiger partial charge on any atom is -0.488 e. The number of likely N-dealkylation sites (tertiary alicyclic amines) is 1. The highest BCUT2D eigenvalue weighted by Gasteiger charge is 2.29. The van der Waals surface area contributed by atoms with E-state index in [9.17, 15) is 27.2 Å². The smallest absolute Gasteiger partial charge is 0.410 e. The molecule has 33 nitrogen and oxygen atoms in total. The molecule has 0 saturated carbocycles. The van der Waals surface area contributed by atoms with Crippen molar-refractivity contribution in [3.63, 3.8) is 0 Å². The van der Waals surface area contributed by atoms with Gasteiger partial charge in [-0.05, 0) is 147 Å². The first kappa shape index (κ1) is 106. The average molecular weight is 2100 g/mol. The molecule has 3 saturated heterocycles. The number of amides is 2. The second-order valence-corrected chi connectivity index (χ2v) is 36.8. The fourth-order valence-electron chi connectivity index (χ4n) is 15.0. The van der Waals surface area contributed by atoms with E-state index in [0.29, 0.717) is 152 Å². The van der Waals surface area contributed by atoms with Gasteiger partial charge in [-0.15, -0.1) is 6.42 Å². The Labute approximate surface area is 839 Å². The average Bonchev–Trinajstić information content (AvgIpc) is 1.66. The largest absolute Gasteiger partial charge is 0.488 e. The van der Waals surface area contributed by atoms with E-state index < -0.39 is 28.9 Å². The van der Waals surface area contributed by atoms with Crippen LogP contribution in [0.2, 0.25) is 0 Å². The first-order chi connectivity index (χ1) is 68.6. The fourth-order valence-corrected chi connectivity index (χ4v) is 15.7. The molecule has 0 aliphatic carbocycles. The number of oxime groups is 1. The van der Waals surface area contributed by atoms with Crippen molar-refractivity contribution < 1.29 is 93.3 Å². The number of carbonyl (C=O) groups excluding carboxylic acids is 2. The summed E-state index contributed by atoms with van der Waals surface area (Å²) in [6, 6.07) is 48.3. The molecule has 7 aromatic heterocycles. The van der Waals surface area contributed by atoms with Crippen molar-refractivity contribution >= 4 is 116 Å². The number of rotatable bonds is 25. The van der Waals surface area contributed by atoms with E-state index in [0.717, 1.165) is 103 Å². The van der Waals surface area contributed by atoms with E-state index in [4.69, 9.17) is 84.2 Å². The van der Waals surface area contributed by atoms with Gasteiger partial charge in [0.2, 0.25) is 0 Å².